The molecule has 0 aliphatic rings. The third-order valence-electron chi connectivity index (χ3n) is 11.3. The normalized spacial score (nSPS) is 10.9. The molecule has 0 aliphatic heterocycles. The first-order valence-electron chi connectivity index (χ1n) is 25.0. The van der Waals surface area contributed by atoms with E-state index < -0.39 is 23.6 Å². The standard InChI is InChI=1S/C56H76F2O10/c1-43(2)53(59)65-39-27-23-19-15-11-7-5-9-13-17-21-25-37-63-47-33-35-49(51(57)41-47)55(61)67-45-29-31-46(32-30-45)68-56(62)50-36-34-48(42-52(50)58)64-38-26-22-18-14-10-6-8-12-16-20-24-28-40-66-54(60)44(3)4/h29-36,41-42H,1,3,5-28,37-40H2,2,4H3. The summed E-state index contributed by atoms with van der Waals surface area (Å²) in [5.74, 6) is -3.08. The van der Waals surface area contributed by atoms with Gasteiger partial charge in [0.05, 0.1) is 37.6 Å². The Morgan fingerprint density at radius 2 is 0.632 bits per heavy atom. The van der Waals surface area contributed by atoms with E-state index in [2.05, 4.69) is 13.2 Å². The van der Waals surface area contributed by atoms with Gasteiger partial charge in [0.25, 0.3) is 0 Å². The molecule has 0 N–H and O–H groups in total. The number of carbonyl (C=O) groups is 4. The molecule has 3 aromatic carbocycles. The molecule has 3 rings (SSSR count). The van der Waals surface area contributed by atoms with Gasteiger partial charge in [-0.2, -0.15) is 0 Å². The molecule has 0 bridgehead atoms. The zero-order valence-corrected chi connectivity index (χ0v) is 40.8. The van der Waals surface area contributed by atoms with Crippen LogP contribution in [0.15, 0.2) is 85.0 Å². The maximum Gasteiger partial charge on any atom is 0.346 e. The fourth-order valence-corrected chi connectivity index (χ4v) is 7.30. The van der Waals surface area contributed by atoms with E-state index in [0.29, 0.717) is 49.1 Å². The van der Waals surface area contributed by atoms with Gasteiger partial charge >= 0.3 is 23.9 Å². The van der Waals surface area contributed by atoms with E-state index in [-0.39, 0.29) is 34.6 Å². The third kappa shape index (κ3) is 25.0. The van der Waals surface area contributed by atoms with Crippen LogP contribution in [-0.4, -0.2) is 50.3 Å². The number of hydrogen-bond donors (Lipinski definition) is 0. The molecular weight excluding hydrogens is 871 g/mol. The van der Waals surface area contributed by atoms with Crippen molar-refractivity contribution in [3.8, 4) is 23.0 Å². The Hall–Kier alpha value is -5.52. The lowest BCUT2D eigenvalue weighted by Gasteiger charge is -2.10. The van der Waals surface area contributed by atoms with Gasteiger partial charge in [-0.15, -0.1) is 0 Å². The van der Waals surface area contributed by atoms with Gasteiger partial charge in [-0.25, -0.2) is 28.0 Å². The zero-order chi connectivity index (χ0) is 49.2. The second-order valence-electron chi connectivity index (χ2n) is 17.5. The predicted octanol–water partition coefficient (Wildman–Crippen LogP) is 14.8. The van der Waals surface area contributed by atoms with Crippen molar-refractivity contribution in [2.24, 2.45) is 0 Å². The highest BCUT2D eigenvalue weighted by Crippen LogP contribution is 2.24. The molecule has 0 fully saturated rings. The minimum absolute atomic E-state index is 0.103. The Balaban J connectivity index is 1.20. The first-order valence-corrected chi connectivity index (χ1v) is 25.0. The van der Waals surface area contributed by atoms with Crippen molar-refractivity contribution >= 4 is 23.9 Å². The van der Waals surface area contributed by atoms with Crippen molar-refractivity contribution in [2.45, 2.75) is 168 Å². The van der Waals surface area contributed by atoms with Crippen LogP contribution in [-0.2, 0) is 19.1 Å². The molecule has 10 nitrogen and oxygen atoms in total. The molecule has 0 amide bonds. The van der Waals surface area contributed by atoms with E-state index in [9.17, 15) is 28.0 Å². The third-order valence-corrected chi connectivity index (χ3v) is 11.3. The van der Waals surface area contributed by atoms with Crippen LogP contribution < -0.4 is 18.9 Å². The lowest BCUT2D eigenvalue weighted by Crippen LogP contribution is -2.12. The maximum absolute atomic E-state index is 14.9. The highest BCUT2D eigenvalue weighted by atomic mass is 19.1. The van der Waals surface area contributed by atoms with E-state index in [0.717, 1.165) is 77.0 Å². The zero-order valence-electron chi connectivity index (χ0n) is 40.8. The molecule has 0 spiro atoms. The van der Waals surface area contributed by atoms with Gasteiger partial charge in [-0.3, -0.25) is 0 Å². The molecule has 68 heavy (non-hydrogen) atoms. The van der Waals surface area contributed by atoms with E-state index in [1.807, 2.05) is 0 Å². The minimum Gasteiger partial charge on any atom is -0.493 e. The van der Waals surface area contributed by atoms with Crippen molar-refractivity contribution < 1.29 is 56.4 Å². The van der Waals surface area contributed by atoms with Crippen molar-refractivity contribution in [1.82, 2.24) is 0 Å². The fourth-order valence-electron chi connectivity index (χ4n) is 7.30. The molecule has 0 aromatic heterocycles. The number of unbranched alkanes of at least 4 members (excludes halogenated alkanes) is 22. The summed E-state index contributed by atoms with van der Waals surface area (Å²) < 4.78 is 62.1. The van der Waals surface area contributed by atoms with E-state index in [1.54, 1.807) is 13.8 Å². The molecule has 0 aliphatic carbocycles. The predicted molar refractivity (Wildman–Crippen MR) is 263 cm³/mol. The fraction of sp³-hybridized carbons (Fsp3) is 0.536. The van der Waals surface area contributed by atoms with E-state index >= 15 is 0 Å². The topological polar surface area (TPSA) is 124 Å². The SMILES string of the molecule is C=C(C)C(=O)OCCCCCCCCCCCCCCOc1ccc(C(=O)Oc2ccc(OC(=O)c3ccc(OCCCCCCCCCCCCCCOC(=O)C(=C)C)cc3F)cc2)c(F)c1. The van der Waals surface area contributed by atoms with Gasteiger partial charge in [-0.05, 0) is 88.1 Å². The molecule has 0 heterocycles. The molecule has 3 aromatic rings. The Labute approximate surface area is 404 Å². The first-order chi connectivity index (χ1) is 32.9. The molecule has 0 saturated heterocycles. The van der Waals surface area contributed by atoms with E-state index in [4.69, 9.17) is 28.4 Å². The first kappa shape index (κ1) is 56.8. The number of benzene rings is 3. The molecule has 12 heteroatoms. The Bertz CT molecular complexity index is 1840. The Morgan fingerprint density at radius 3 is 0.897 bits per heavy atom. The van der Waals surface area contributed by atoms with Crippen molar-refractivity contribution in [2.75, 3.05) is 26.4 Å². The molecule has 0 radical (unpaired) electrons. The number of ether oxygens (including phenoxy) is 6. The Morgan fingerprint density at radius 1 is 0.382 bits per heavy atom. The molecule has 0 atom stereocenters. The highest BCUT2D eigenvalue weighted by Gasteiger charge is 2.18. The van der Waals surface area contributed by atoms with Crippen LogP contribution in [0.4, 0.5) is 8.78 Å². The summed E-state index contributed by atoms with van der Waals surface area (Å²) in [6.07, 6.45) is 26.8. The van der Waals surface area contributed by atoms with Crippen molar-refractivity contribution in [3.05, 3.63) is 108 Å². The average Bonchev–Trinajstić information content (AvgIpc) is 3.31. The summed E-state index contributed by atoms with van der Waals surface area (Å²) in [5.41, 5.74) is 0.371. The number of halogens is 2. The van der Waals surface area contributed by atoms with Gasteiger partial charge in [0.1, 0.15) is 34.6 Å². The molecule has 0 unspecified atom stereocenters. The lowest BCUT2D eigenvalue weighted by atomic mass is 10.1. The van der Waals surface area contributed by atoms with Crippen LogP contribution >= 0.6 is 0 Å². The minimum atomic E-state index is -0.897. The summed E-state index contributed by atoms with van der Waals surface area (Å²) in [4.78, 5) is 48.2. The van der Waals surface area contributed by atoms with Gasteiger partial charge in [-0.1, -0.05) is 142 Å². The van der Waals surface area contributed by atoms with Crippen molar-refractivity contribution in [3.63, 3.8) is 0 Å². The smallest absolute Gasteiger partial charge is 0.346 e. The van der Waals surface area contributed by atoms with Crippen molar-refractivity contribution in [1.29, 1.82) is 0 Å². The second-order valence-corrected chi connectivity index (χ2v) is 17.5. The Kier molecular flexibility index (Phi) is 29.0. The highest BCUT2D eigenvalue weighted by molar-refractivity contribution is 5.92. The summed E-state index contributed by atoms with van der Waals surface area (Å²) in [7, 11) is 0. The largest absolute Gasteiger partial charge is 0.493 e. The number of esters is 4. The quantitative estimate of drug-likeness (QED) is 0.0237. The van der Waals surface area contributed by atoms with Crippen LogP contribution in [0, 0.1) is 11.6 Å². The average molecular weight is 947 g/mol. The molecule has 374 valence electrons. The van der Waals surface area contributed by atoms with Gasteiger partial charge in [0, 0.05) is 23.3 Å². The van der Waals surface area contributed by atoms with Crippen LogP contribution in [0.3, 0.4) is 0 Å². The van der Waals surface area contributed by atoms with Crippen LogP contribution in [0.5, 0.6) is 23.0 Å². The van der Waals surface area contributed by atoms with Gasteiger partial charge in [0.2, 0.25) is 0 Å². The number of hydrogen-bond acceptors (Lipinski definition) is 10. The monoisotopic (exact) mass is 947 g/mol. The molecular formula is C56H76F2O10. The summed E-state index contributed by atoms with van der Waals surface area (Å²) in [6.45, 7) is 12.3. The summed E-state index contributed by atoms with van der Waals surface area (Å²) in [6, 6.07) is 13.6. The molecule has 0 saturated carbocycles. The number of carbonyl (C=O) groups excluding carboxylic acids is 4. The number of rotatable bonds is 38. The van der Waals surface area contributed by atoms with Gasteiger partial charge < -0.3 is 28.4 Å². The van der Waals surface area contributed by atoms with E-state index in [1.165, 1.54) is 138 Å². The van der Waals surface area contributed by atoms with Gasteiger partial charge in [0.15, 0.2) is 0 Å². The van der Waals surface area contributed by atoms with Crippen LogP contribution in [0.2, 0.25) is 0 Å². The summed E-state index contributed by atoms with van der Waals surface area (Å²) >= 11 is 0. The lowest BCUT2D eigenvalue weighted by molar-refractivity contribution is -0.139. The van der Waals surface area contributed by atoms with Crippen LogP contribution in [0.1, 0.15) is 189 Å². The maximum atomic E-state index is 14.9. The summed E-state index contributed by atoms with van der Waals surface area (Å²) in [5, 5.41) is 0. The van der Waals surface area contributed by atoms with Crippen LogP contribution in [0.25, 0.3) is 0 Å². The second kappa shape index (κ2) is 34.7.